The first-order valence-electron chi connectivity index (χ1n) is 4.36. The predicted molar refractivity (Wildman–Crippen MR) is 51.8 cm³/mol. The fourth-order valence-electron chi connectivity index (χ4n) is 1.34. The molecule has 0 aromatic carbocycles. The van der Waals surface area contributed by atoms with Crippen molar-refractivity contribution in [2.75, 3.05) is 0 Å². The van der Waals surface area contributed by atoms with Gasteiger partial charge in [-0.05, 0) is 19.3 Å². The van der Waals surface area contributed by atoms with Crippen molar-refractivity contribution in [2.24, 2.45) is 5.92 Å². The number of nitro groups is 1. The lowest BCUT2D eigenvalue weighted by molar-refractivity contribution is -0.419. The van der Waals surface area contributed by atoms with E-state index in [-0.39, 0.29) is 10.6 Å². The predicted octanol–water partition coefficient (Wildman–Crippen LogP) is 2.69. The second-order valence-electron chi connectivity index (χ2n) is 3.13. The Morgan fingerprint density at radius 3 is 2.77 bits per heavy atom. The highest BCUT2D eigenvalue weighted by Gasteiger charge is 2.11. The Balaban J connectivity index is 2.93. The minimum atomic E-state index is -0.363. The molecule has 0 saturated heterocycles. The van der Waals surface area contributed by atoms with E-state index in [1.165, 1.54) is 5.57 Å². The van der Waals surface area contributed by atoms with Gasteiger partial charge < -0.3 is 0 Å². The van der Waals surface area contributed by atoms with Crippen LogP contribution in [0.4, 0.5) is 0 Å². The molecule has 0 aliphatic heterocycles. The lowest BCUT2D eigenvalue weighted by Crippen LogP contribution is -1.95. The van der Waals surface area contributed by atoms with Gasteiger partial charge in [-0.3, -0.25) is 10.1 Å². The van der Waals surface area contributed by atoms with E-state index < -0.39 is 0 Å². The smallest absolute Gasteiger partial charge is 0.258 e. The van der Waals surface area contributed by atoms with Crippen LogP contribution in [-0.2, 0) is 0 Å². The fourth-order valence-corrected chi connectivity index (χ4v) is 1.34. The maximum Gasteiger partial charge on any atom is 0.269 e. The molecule has 13 heavy (non-hydrogen) atoms. The molecule has 1 atom stereocenters. The topological polar surface area (TPSA) is 43.1 Å². The molecule has 1 aliphatic carbocycles. The van der Waals surface area contributed by atoms with Crippen LogP contribution >= 0.6 is 0 Å². The van der Waals surface area contributed by atoms with Crippen LogP contribution in [0.5, 0.6) is 0 Å². The Hall–Kier alpha value is -1.38. The van der Waals surface area contributed by atoms with E-state index in [0.29, 0.717) is 5.92 Å². The van der Waals surface area contributed by atoms with E-state index in [0.717, 1.165) is 6.42 Å². The highest BCUT2D eigenvalue weighted by molar-refractivity contribution is 5.28. The highest BCUT2D eigenvalue weighted by atomic mass is 16.6. The Bertz CT molecular complexity index is 300. The minimum absolute atomic E-state index is 0.162. The first-order chi connectivity index (χ1) is 6.15. The van der Waals surface area contributed by atoms with Crippen molar-refractivity contribution in [3.05, 3.63) is 45.7 Å². The molecule has 0 fully saturated rings. The average Bonchev–Trinajstić information content (AvgIpc) is 2.27. The largest absolute Gasteiger partial charge is 0.269 e. The SMILES string of the molecule is CCC1C=CC([N+](=O)[O-])=CC=C1C. The molecule has 0 aromatic heterocycles. The van der Waals surface area contributed by atoms with E-state index in [2.05, 4.69) is 6.92 Å². The van der Waals surface area contributed by atoms with Gasteiger partial charge in [-0.15, -0.1) is 0 Å². The molecule has 0 spiro atoms. The summed E-state index contributed by atoms with van der Waals surface area (Å²) in [6, 6.07) is 0. The standard InChI is InChI=1S/C10H13NO2/c1-3-9-5-7-10(11(12)13)6-4-8(9)2/h4-7,9H,3H2,1-2H3. The summed E-state index contributed by atoms with van der Waals surface area (Å²) in [5.41, 5.74) is 1.34. The molecule has 0 amide bonds. The van der Waals surface area contributed by atoms with Crippen LogP contribution in [0.15, 0.2) is 35.6 Å². The number of allylic oxidation sites excluding steroid dienone is 5. The molecule has 1 unspecified atom stereocenters. The highest BCUT2D eigenvalue weighted by Crippen LogP contribution is 2.20. The van der Waals surface area contributed by atoms with Crippen LogP contribution in [-0.4, -0.2) is 4.92 Å². The van der Waals surface area contributed by atoms with Crippen LogP contribution in [0.25, 0.3) is 0 Å². The number of nitrogens with zero attached hydrogens (tertiary/aromatic N) is 1. The first kappa shape index (κ1) is 9.71. The van der Waals surface area contributed by atoms with Crippen LogP contribution in [0.3, 0.4) is 0 Å². The molecular formula is C10H13NO2. The molecule has 0 heterocycles. The summed E-state index contributed by atoms with van der Waals surface area (Å²) in [7, 11) is 0. The van der Waals surface area contributed by atoms with E-state index in [1.807, 2.05) is 19.1 Å². The Morgan fingerprint density at radius 2 is 2.23 bits per heavy atom. The third-order valence-corrected chi connectivity index (χ3v) is 2.25. The van der Waals surface area contributed by atoms with Crippen molar-refractivity contribution in [1.29, 1.82) is 0 Å². The van der Waals surface area contributed by atoms with Crippen LogP contribution in [0.1, 0.15) is 20.3 Å². The molecule has 3 heteroatoms. The maximum absolute atomic E-state index is 10.5. The van der Waals surface area contributed by atoms with E-state index >= 15 is 0 Å². The summed E-state index contributed by atoms with van der Waals surface area (Å²) in [5.74, 6) is 0.341. The second-order valence-corrected chi connectivity index (χ2v) is 3.13. The monoisotopic (exact) mass is 179 g/mol. The van der Waals surface area contributed by atoms with Crippen molar-refractivity contribution < 1.29 is 4.92 Å². The van der Waals surface area contributed by atoms with E-state index in [9.17, 15) is 10.1 Å². The molecular weight excluding hydrogens is 166 g/mol. The van der Waals surface area contributed by atoms with Gasteiger partial charge in [0.15, 0.2) is 0 Å². The zero-order valence-electron chi connectivity index (χ0n) is 7.86. The molecule has 0 N–H and O–H groups in total. The molecule has 0 aromatic rings. The van der Waals surface area contributed by atoms with Gasteiger partial charge in [0.05, 0.1) is 4.92 Å². The quantitative estimate of drug-likeness (QED) is 0.483. The summed E-state index contributed by atoms with van der Waals surface area (Å²) in [5, 5.41) is 10.5. The zero-order chi connectivity index (χ0) is 9.84. The molecule has 1 rings (SSSR count). The van der Waals surface area contributed by atoms with E-state index in [4.69, 9.17) is 0 Å². The lowest BCUT2D eigenvalue weighted by Gasteiger charge is -2.07. The van der Waals surface area contributed by atoms with Crippen molar-refractivity contribution in [3.63, 3.8) is 0 Å². The van der Waals surface area contributed by atoms with Gasteiger partial charge in [0, 0.05) is 12.2 Å². The number of hydrogen-bond acceptors (Lipinski definition) is 2. The molecule has 3 nitrogen and oxygen atoms in total. The summed E-state index contributed by atoms with van der Waals surface area (Å²) in [6.07, 6.45) is 7.85. The molecule has 0 bridgehead atoms. The van der Waals surface area contributed by atoms with Crippen molar-refractivity contribution in [2.45, 2.75) is 20.3 Å². The normalized spacial score (nSPS) is 21.8. The van der Waals surface area contributed by atoms with Gasteiger partial charge in [-0.25, -0.2) is 0 Å². The summed E-state index contributed by atoms with van der Waals surface area (Å²) in [4.78, 5) is 10.1. The summed E-state index contributed by atoms with van der Waals surface area (Å²) in [6.45, 7) is 4.07. The van der Waals surface area contributed by atoms with E-state index in [1.54, 1.807) is 12.2 Å². The van der Waals surface area contributed by atoms with Crippen LogP contribution in [0.2, 0.25) is 0 Å². The maximum atomic E-state index is 10.5. The van der Waals surface area contributed by atoms with Crippen LogP contribution < -0.4 is 0 Å². The second kappa shape index (κ2) is 4.03. The van der Waals surface area contributed by atoms with Gasteiger partial charge in [0.25, 0.3) is 5.70 Å². The average molecular weight is 179 g/mol. The van der Waals surface area contributed by atoms with Crippen LogP contribution in [0, 0.1) is 16.0 Å². The number of hydrogen-bond donors (Lipinski definition) is 0. The molecule has 70 valence electrons. The number of rotatable bonds is 2. The zero-order valence-corrected chi connectivity index (χ0v) is 7.86. The fraction of sp³-hybridized carbons (Fsp3) is 0.400. The minimum Gasteiger partial charge on any atom is -0.258 e. The molecule has 1 aliphatic rings. The first-order valence-corrected chi connectivity index (χ1v) is 4.36. The molecule has 0 radical (unpaired) electrons. The van der Waals surface area contributed by atoms with Crippen molar-refractivity contribution >= 4 is 0 Å². The van der Waals surface area contributed by atoms with Gasteiger partial charge in [0.2, 0.25) is 0 Å². The third kappa shape index (κ3) is 2.28. The Morgan fingerprint density at radius 1 is 1.54 bits per heavy atom. The summed E-state index contributed by atoms with van der Waals surface area (Å²) >= 11 is 0. The van der Waals surface area contributed by atoms with Crippen molar-refractivity contribution in [3.8, 4) is 0 Å². The third-order valence-electron chi connectivity index (χ3n) is 2.25. The Labute approximate surface area is 77.6 Å². The van der Waals surface area contributed by atoms with Gasteiger partial charge in [-0.2, -0.15) is 0 Å². The van der Waals surface area contributed by atoms with Crippen molar-refractivity contribution in [1.82, 2.24) is 0 Å². The lowest BCUT2D eigenvalue weighted by atomic mass is 9.98. The van der Waals surface area contributed by atoms with Gasteiger partial charge in [0.1, 0.15) is 0 Å². The van der Waals surface area contributed by atoms with Gasteiger partial charge >= 0.3 is 0 Å². The Kier molecular flexibility index (Phi) is 3.01. The molecule has 0 saturated carbocycles. The van der Waals surface area contributed by atoms with Gasteiger partial charge in [-0.1, -0.05) is 24.6 Å². The summed E-state index contributed by atoms with van der Waals surface area (Å²) < 4.78 is 0.